The maximum Gasteiger partial charge on any atom is 0.319 e. The molecule has 0 spiro atoms. The first kappa shape index (κ1) is 29.5. The number of carbonyl (C=O) groups is 1. The molecule has 1 unspecified atom stereocenters. The molecule has 3 aliphatic rings. The van der Waals surface area contributed by atoms with Crippen molar-refractivity contribution < 1.29 is 22.7 Å². The van der Waals surface area contributed by atoms with Gasteiger partial charge in [-0.1, -0.05) is 24.8 Å². The Bertz CT molecular complexity index is 1860. The lowest BCUT2D eigenvalue weighted by Crippen LogP contribution is -2.55. The largest absolute Gasteiger partial charge is 0.461 e. The summed E-state index contributed by atoms with van der Waals surface area (Å²) in [6, 6.07) is 12.6. The smallest absolute Gasteiger partial charge is 0.319 e. The molecule has 232 valence electrons. The Morgan fingerprint density at radius 3 is 2.82 bits per heavy atom. The molecule has 1 amide bonds. The molecule has 0 saturated carbocycles. The number of nitrogens with zero attached hydrogens (tertiary/aromatic N) is 6. The maximum absolute atomic E-state index is 16.6. The SMILES string of the molecule is C=C(F)C(=O)N1CCN(c2nc(OCC34CCCN3C[C@H](F)C4)nc3c(F)c(-c4cccc5sccc45)ccc23)C[C@@H]1CC#N. The van der Waals surface area contributed by atoms with Gasteiger partial charge in [0.1, 0.15) is 24.1 Å². The van der Waals surface area contributed by atoms with E-state index >= 15 is 4.39 Å². The van der Waals surface area contributed by atoms with Crippen LogP contribution >= 0.6 is 11.3 Å². The van der Waals surface area contributed by atoms with Gasteiger partial charge in [-0.05, 0) is 48.5 Å². The van der Waals surface area contributed by atoms with Crippen LogP contribution in [-0.4, -0.2) is 82.8 Å². The van der Waals surface area contributed by atoms with Gasteiger partial charge in [0, 0.05) is 53.6 Å². The highest BCUT2D eigenvalue weighted by Gasteiger charge is 2.49. The summed E-state index contributed by atoms with van der Waals surface area (Å²) in [5.74, 6) is -2.08. The zero-order chi connectivity index (χ0) is 31.3. The number of anilines is 1. The molecule has 12 heteroatoms. The number of nitriles is 1. The molecule has 5 heterocycles. The van der Waals surface area contributed by atoms with Gasteiger partial charge < -0.3 is 14.5 Å². The molecule has 3 fully saturated rings. The van der Waals surface area contributed by atoms with Crippen molar-refractivity contribution in [3.05, 3.63) is 60.0 Å². The summed E-state index contributed by atoms with van der Waals surface area (Å²) in [6.07, 6.45) is 1.14. The number of ether oxygens (including phenoxy) is 1. The topological polar surface area (TPSA) is 85.6 Å². The Hall–Kier alpha value is -4.21. The van der Waals surface area contributed by atoms with Crippen LogP contribution in [0.15, 0.2) is 54.2 Å². The number of alkyl halides is 1. The summed E-state index contributed by atoms with van der Waals surface area (Å²) in [5, 5.41) is 12.8. The minimum Gasteiger partial charge on any atom is -0.461 e. The predicted molar refractivity (Wildman–Crippen MR) is 167 cm³/mol. The second kappa shape index (κ2) is 11.6. The number of rotatable bonds is 7. The van der Waals surface area contributed by atoms with Gasteiger partial charge in [-0.15, -0.1) is 11.3 Å². The van der Waals surface area contributed by atoms with Crippen molar-refractivity contribution in [2.24, 2.45) is 0 Å². The Morgan fingerprint density at radius 2 is 2.00 bits per heavy atom. The maximum atomic E-state index is 16.6. The lowest BCUT2D eigenvalue weighted by molar-refractivity contribution is -0.131. The number of benzene rings is 2. The van der Waals surface area contributed by atoms with Gasteiger partial charge in [0.05, 0.1) is 24.1 Å². The third-order valence-corrected chi connectivity index (χ3v) is 10.3. The van der Waals surface area contributed by atoms with Gasteiger partial charge in [-0.2, -0.15) is 15.2 Å². The van der Waals surface area contributed by atoms with E-state index in [1.807, 2.05) is 34.5 Å². The Morgan fingerprint density at radius 1 is 1.13 bits per heavy atom. The molecule has 3 saturated heterocycles. The molecule has 0 radical (unpaired) electrons. The minimum atomic E-state index is -1.09. The number of amides is 1. The lowest BCUT2D eigenvalue weighted by Gasteiger charge is -2.41. The second-order valence-electron chi connectivity index (χ2n) is 12.0. The quantitative estimate of drug-likeness (QED) is 0.231. The highest BCUT2D eigenvalue weighted by molar-refractivity contribution is 7.17. The third-order valence-electron chi connectivity index (χ3n) is 9.39. The van der Waals surface area contributed by atoms with Crippen LogP contribution < -0.4 is 9.64 Å². The first-order valence-corrected chi connectivity index (χ1v) is 15.9. The van der Waals surface area contributed by atoms with Crippen LogP contribution in [0.5, 0.6) is 6.01 Å². The molecule has 3 atom stereocenters. The normalized spacial score (nSPS) is 23.4. The molecule has 45 heavy (non-hydrogen) atoms. The Labute approximate surface area is 262 Å². The summed E-state index contributed by atoms with van der Waals surface area (Å²) in [7, 11) is 0. The average molecular weight is 633 g/mol. The van der Waals surface area contributed by atoms with Gasteiger partial charge in [0.15, 0.2) is 11.6 Å². The van der Waals surface area contributed by atoms with E-state index in [0.29, 0.717) is 29.7 Å². The van der Waals surface area contributed by atoms with Gasteiger partial charge in [-0.25, -0.2) is 13.2 Å². The molecule has 0 bridgehead atoms. The average Bonchev–Trinajstić information content (AvgIpc) is 3.74. The van der Waals surface area contributed by atoms with E-state index in [-0.39, 0.29) is 44.2 Å². The van der Waals surface area contributed by atoms with Crippen LogP contribution in [-0.2, 0) is 4.79 Å². The monoisotopic (exact) mass is 632 g/mol. The summed E-state index contributed by atoms with van der Waals surface area (Å²) < 4.78 is 52.1. The number of fused-ring (bicyclic) bond motifs is 3. The van der Waals surface area contributed by atoms with Gasteiger partial charge in [0.2, 0.25) is 0 Å². The number of thiophene rings is 1. The number of hydrogen-bond acceptors (Lipinski definition) is 8. The van der Waals surface area contributed by atoms with Crippen molar-refractivity contribution >= 4 is 44.1 Å². The fourth-order valence-electron chi connectivity index (χ4n) is 7.27. The highest BCUT2D eigenvalue weighted by Crippen LogP contribution is 2.41. The van der Waals surface area contributed by atoms with E-state index in [0.717, 1.165) is 35.0 Å². The summed E-state index contributed by atoms with van der Waals surface area (Å²) in [4.78, 5) is 27.1. The van der Waals surface area contributed by atoms with Crippen LogP contribution in [0.4, 0.5) is 19.0 Å². The van der Waals surface area contributed by atoms with E-state index in [9.17, 15) is 18.8 Å². The van der Waals surface area contributed by atoms with Crippen LogP contribution in [0.2, 0.25) is 0 Å². The molecule has 8 nitrogen and oxygen atoms in total. The summed E-state index contributed by atoms with van der Waals surface area (Å²) in [5.41, 5.74) is 0.746. The van der Waals surface area contributed by atoms with Crippen molar-refractivity contribution in [2.45, 2.75) is 43.4 Å². The van der Waals surface area contributed by atoms with Crippen LogP contribution in [0.25, 0.3) is 32.1 Å². The fraction of sp³-hybridized carbons (Fsp3) is 0.394. The first-order chi connectivity index (χ1) is 21.8. The van der Waals surface area contributed by atoms with Crippen LogP contribution in [0, 0.1) is 17.1 Å². The second-order valence-corrected chi connectivity index (χ2v) is 13.0. The van der Waals surface area contributed by atoms with E-state index in [1.54, 1.807) is 23.5 Å². The zero-order valence-corrected chi connectivity index (χ0v) is 25.3. The summed E-state index contributed by atoms with van der Waals surface area (Å²) in [6.45, 7) is 5.01. The van der Waals surface area contributed by atoms with Crippen molar-refractivity contribution in [2.75, 3.05) is 44.2 Å². The molecular weight excluding hydrogens is 601 g/mol. The molecule has 0 N–H and O–H groups in total. The van der Waals surface area contributed by atoms with E-state index in [2.05, 4.69) is 22.5 Å². The van der Waals surface area contributed by atoms with E-state index in [1.165, 1.54) is 4.90 Å². The molecule has 2 aromatic heterocycles. The number of aromatic nitrogens is 2. The predicted octanol–water partition coefficient (Wildman–Crippen LogP) is 6.02. The van der Waals surface area contributed by atoms with E-state index < -0.39 is 35.3 Å². The van der Waals surface area contributed by atoms with Crippen molar-refractivity contribution in [1.82, 2.24) is 19.8 Å². The Kier molecular flexibility index (Phi) is 7.61. The molecule has 7 rings (SSSR count). The molecule has 4 aromatic rings. The first-order valence-electron chi connectivity index (χ1n) is 15.0. The van der Waals surface area contributed by atoms with E-state index in [4.69, 9.17) is 9.72 Å². The standard InChI is InChI=1S/C33H31F3N6O2S/c1-20(34)31(43)42-14-13-40(18-22(42)8-11-37)30-26-7-6-25(23-4-2-5-27-24(23)9-15-45-27)28(36)29(26)38-32(39-30)44-19-33-10-3-12-41(33)17-21(35)16-33/h2,4-7,9,15,21-22H,1,3,8,10,12-14,16-19H2/t21-,22+,33?/m1/s1. The van der Waals surface area contributed by atoms with Crippen molar-refractivity contribution in [3.63, 3.8) is 0 Å². The van der Waals surface area contributed by atoms with Crippen molar-refractivity contribution in [1.29, 1.82) is 5.26 Å². The van der Waals surface area contributed by atoms with Crippen LogP contribution in [0.3, 0.4) is 0 Å². The molecule has 2 aromatic carbocycles. The number of piperazine rings is 1. The molecular formula is C33H31F3N6O2S. The number of halogens is 3. The zero-order valence-electron chi connectivity index (χ0n) is 24.5. The van der Waals surface area contributed by atoms with Gasteiger partial charge in [-0.3, -0.25) is 9.69 Å². The Balaban J connectivity index is 1.30. The van der Waals surface area contributed by atoms with Crippen LogP contribution in [0.1, 0.15) is 25.7 Å². The number of carbonyl (C=O) groups excluding carboxylic acids is 1. The van der Waals surface area contributed by atoms with Gasteiger partial charge >= 0.3 is 6.01 Å². The third kappa shape index (κ3) is 5.17. The van der Waals surface area contributed by atoms with Crippen molar-refractivity contribution in [3.8, 4) is 23.2 Å². The highest BCUT2D eigenvalue weighted by atomic mass is 32.1. The number of hydrogen-bond donors (Lipinski definition) is 0. The summed E-state index contributed by atoms with van der Waals surface area (Å²) >= 11 is 1.58. The molecule has 3 aliphatic heterocycles. The lowest BCUT2D eigenvalue weighted by atomic mass is 9.95. The fourth-order valence-corrected chi connectivity index (χ4v) is 8.08. The van der Waals surface area contributed by atoms with Gasteiger partial charge in [0.25, 0.3) is 5.91 Å². The molecule has 0 aliphatic carbocycles. The minimum absolute atomic E-state index is 0.0294.